The Balaban J connectivity index is 1.23. The summed E-state index contributed by atoms with van der Waals surface area (Å²) in [5.41, 5.74) is -2.07. The van der Waals surface area contributed by atoms with Crippen molar-refractivity contribution in [3.63, 3.8) is 0 Å². The van der Waals surface area contributed by atoms with Gasteiger partial charge in [-0.3, -0.25) is 38.4 Å². The first-order chi connectivity index (χ1) is 35.5. The van der Waals surface area contributed by atoms with Crippen LogP contribution < -0.4 is 0 Å². The molecule has 0 aromatic heterocycles. The maximum atomic E-state index is 14.9. The molecule has 20 nitrogen and oxygen atoms in total. The van der Waals surface area contributed by atoms with Gasteiger partial charge in [0, 0.05) is 41.5 Å². The molecule has 2 aliphatic heterocycles. The van der Waals surface area contributed by atoms with Crippen LogP contribution in [0.4, 0.5) is 0 Å². The summed E-state index contributed by atoms with van der Waals surface area (Å²) in [4.78, 5) is 105. The minimum absolute atomic E-state index is 0.0346. The summed E-state index contributed by atoms with van der Waals surface area (Å²) in [6.45, 7) is 21.3. The van der Waals surface area contributed by atoms with Crippen molar-refractivity contribution in [1.29, 1.82) is 0 Å². The van der Waals surface area contributed by atoms with E-state index in [1.807, 2.05) is 0 Å². The zero-order chi connectivity index (χ0) is 56.2. The molecule has 6 fully saturated rings. The number of carbonyl (C=O) groups is 8. The van der Waals surface area contributed by atoms with E-state index in [2.05, 4.69) is 47.6 Å². The zero-order valence-corrected chi connectivity index (χ0v) is 47.1. The maximum absolute atomic E-state index is 14.9. The second-order valence-corrected chi connectivity index (χ2v) is 23.9. The summed E-state index contributed by atoms with van der Waals surface area (Å²) < 4.78 is 72.1. The van der Waals surface area contributed by atoms with Gasteiger partial charge < -0.3 is 56.8 Å². The van der Waals surface area contributed by atoms with Gasteiger partial charge in [-0.25, -0.2) is 0 Å². The van der Waals surface area contributed by atoms with Crippen LogP contribution in [0, 0.1) is 56.7 Å². The van der Waals surface area contributed by atoms with E-state index >= 15 is 0 Å². The fourth-order valence-corrected chi connectivity index (χ4v) is 16.1. The molecule has 7 aliphatic rings. The van der Waals surface area contributed by atoms with Crippen molar-refractivity contribution in [2.75, 3.05) is 20.8 Å². The fourth-order valence-electron chi connectivity index (χ4n) is 16.1. The highest BCUT2D eigenvalue weighted by molar-refractivity contribution is 5.86. The quantitative estimate of drug-likeness (QED) is 0.0834. The molecule has 7 rings (SSSR count). The number of ether oxygens (including phenoxy) is 12. The van der Waals surface area contributed by atoms with Crippen LogP contribution in [-0.4, -0.2) is 136 Å². The van der Waals surface area contributed by atoms with Gasteiger partial charge in [-0.15, -0.1) is 0 Å². The van der Waals surface area contributed by atoms with Crippen molar-refractivity contribution in [3.8, 4) is 0 Å². The number of esters is 8. The summed E-state index contributed by atoms with van der Waals surface area (Å²) >= 11 is 0. The van der Waals surface area contributed by atoms with Gasteiger partial charge in [0.2, 0.25) is 0 Å². The number of methoxy groups -OCH3 is 2. The van der Waals surface area contributed by atoms with E-state index < -0.39 is 132 Å². The maximum Gasteiger partial charge on any atom is 0.316 e. The molecule has 0 amide bonds. The molecule has 76 heavy (non-hydrogen) atoms. The molecule has 0 radical (unpaired) electrons. The average molecular weight is 1080 g/mol. The summed E-state index contributed by atoms with van der Waals surface area (Å²) in [6.07, 6.45) is -6.79. The predicted octanol–water partition coefficient (Wildman–Crippen LogP) is 6.43. The Morgan fingerprint density at radius 1 is 0.566 bits per heavy atom. The highest BCUT2D eigenvalue weighted by Crippen LogP contribution is 2.76. The van der Waals surface area contributed by atoms with Gasteiger partial charge in [-0.2, -0.15) is 0 Å². The topological polar surface area (TPSA) is 247 Å². The third kappa shape index (κ3) is 10.3. The third-order valence-corrected chi connectivity index (χ3v) is 19.4. The number of carbonyl (C=O) groups excluding carboxylic acids is 8. The van der Waals surface area contributed by atoms with Gasteiger partial charge in [-0.05, 0) is 111 Å². The van der Waals surface area contributed by atoms with Gasteiger partial charge in [0.25, 0.3) is 0 Å². The Morgan fingerprint density at radius 2 is 1.12 bits per heavy atom. The van der Waals surface area contributed by atoms with E-state index in [4.69, 9.17) is 56.8 Å². The van der Waals surface area contributed by atoms with E-state index in [0.29, 0.717) is 50.9 Å². The van der Waals surface area contributed by atoms with Crippen LogP contribution in [0.15, 0.2) is 11.6 Å². The standard InChI is InChI=1S/C56H82O20/c1-27-18-23-55(50(63)65-14)24-25-56(51(64)66-15)36(41(55)28(27)2)16-17-39-53(12)21-20-40(52(10,11)38(53)19-22-54(39,56)13)75-48-46(72-34(8)61)44(42(29(3)68-48)69-31(5)58)76-49-47(73-35(9)62)45(71-33(7)60)43(70-32(6)59)37(74-49)26-67-30(4)57/h16,27-29,37-49H,17-26H2,1-15H3/t27-,28+,29+,37-,38+,39-,40+,41+,42+,43-,44-,45+,46-,47-,48+,49+,53+,54-,55+,56-/m1/s1. The van der Waals surface area contributed by atoms with E-state index in [0.717, 1.165) is 46.1 Å². The minimum atomic E-state index is -1.75. The molecule has 0 spiro atoms. The van der Waals surface area contributed by atoms with Crippen molar-refractivity contribution >= 4 is 47.8 Å². The van der Waals surface area contributed by atoms with Crippen LogP contribution in [0.25, 0.3) is 0 Å². The van der Waals surface area contributed by atoms with Gasteiger partial charge in [-0.1, -0.05) is 53.2 Å². The second-order valence-electron chi connectivity index (χ2n) is 23.9. The lowest BCUT2D eigenvalue weighted by Gasteiger charge is -2.71. The molecular weight excluding hydrogens is 993 g/mol. The van der Waals surface area contributed by atoms with Crippen molar-refractivity contribution in [3.05, 3.63) is 11.6 Å². The van der Waals surface area contributed by atoms with Crippen molar-refractivity contribution in [2.24, 2.45) is 56.7 Å². The summed E-state index contributed by atoms with van der Waals surface area (Å²) in [5.74, 6) is -4.89. The van der Waals surface area contributed by atoms with E-state index in [1.54, 1.807) is 6.92 Å². The summed E-state index contributed by atoms with van der Waals surface area (Å²) in [6, 6.07) is 0. The molecule has 0 aromatic carbocycles. The van der Waals surface area contributed by atoms with Gasteiger partial charge in [0.1, 0.15) is 18.8 Å². The van der Waals surface area contributed by atoms with Crippen LogP contribution in [0.1, 0.15) is 148 Å². The Labute approximate surface area is 446 Å². The average Bonchev–Trinajstić information content (AvgIpc) is 3.36. The molecule has 0 aromatic rings. The number of fused-ring (bicyclic) bond motifs is 7. The first-order valence-corrected chi connectivity index (χ1v) is 27.0. The molecule has 0 N–H and O–H groups in total. The number of hydrogen-bond donors (Lipinski definition) is 0. The number of hydrogen-bond acceptors (Lipinski definition) is 20. The van der Waals surface area contributed by atoms with Crippen molar-refractivity contribution in [2.45, 2.75) is 215 Å². The van der Waals surface area contributed by atoms with E-state index in [1.165, 1.54) is 28.1 Å². The zero-order valence-electron chi connectivity index (χ0n) is 47.1. The SMILES string of the molecule is COC(=O)[C@]12CC[C@@H](C)[C@H](C)[C@H]1C1=CC[C@@H]3[C@@]4(C)CC[C@H](O[C@@H]5O[C@@H](C)[C@H](OC(C)=O)[C@@H](O[C@@H]6O[C@H](COC(C)=O)[C@@H](OC(C)=O)[C@H](OC(C)=O)[C@H]6OC(C)=O)[C@H]5OC(C)=O)C(C)(C)[C@@H]4CC[C@@]3(C)[C@]1(C(=O)OC)CC2. The van der Waals surface area contributed by atoms with Crippen LogP contribution in [0.3, 0.4) is 0 Å². The largest absolute Gasteiger partial charge is 0.469 e. The van der Waals surface area contributed by atoms with Crippen LogP contribution in [0.2, 0.25) is 0 Å². The van der Waals surface area contributed by atoms with Crippen LogP contribution in [-0.2, 0) is 95.2 Å². The number of allylic oxidation sites excluding steroid dienone is 1. The summed E-state index contributed by atoms with van der Waals surface area (Å²) in [7, 11) is 2.94. The molecule has 2 saturated heterocycles. The first-order valence-electron chi connectivity index (χ1n) is 27.0. The molecule has 5 aliphatic carbocycles. The van der Waals surface area contributed by atoms with Gasteiger partial charge in [0.05, 0.1) is 37.3 Å². The molecule has 4 saturated carbocycles. The van der Waals surface area contributed by atoms with E-state index in [-0.39, 0.29) is 41.0 Å². The third-order valence-electron chi connectivity index (χ3n) is 19.4. The van der Waals surface area contributed by atoms with Gasteiger partial charge in [0.15, 0.2) is 43.1 Å². The lowest BCUT2D eigenvalue weighted by molar-refractivity contribution is -0.367. The van der Waals surface area contributed by atoms with Crippen LogP contribution in [0.5, 0.6) is 0 Å². The Bertz CT molecular complexity index is 2290. The fraction of sp³-hybridized carbons (Fsp3) is 0.821. The highest BCUT2D eigenvalue weighted by atomic mass is 16.8. The van der Waals surface area contributed by atoms with Gasteiger partial charge >= 0.3 is 47.8 Å². The van der Waals surface area contributed by atoms with Crippen molar-refractivity contribution in [1.82, 2.24) is 0 Å². The lowest BCUT2D eigenvalue weighted by Crippen LogP contribution is -2.69. The molecule has 426 valence electrons. The molecule has 20 heteroatoms. The molecule has 20 atom stereocenters. The Morgan fingerprint density at radius 3 is 1.70 bits per heavy atom. The smallest absolute Gasteiger partial charge is 0.316 e. The molecule has 0 bridgehead atoms. The van der Waals surface area contributed by atoms with Crippen LogP contribution >= 0.6 is 0 Å². The molecule has 0 unspecified atom stereocenters. The van der Waals surface area contributed by atoms with Crippen molar-refractivity contribution < 1.29 is 95.2 Å². The molecular formula is C56H82O20. The molecule has 2 heterocycles. The first kappa shape index (κ1) is 59.0. The summed E-state index contributed by atoms with van der Waals surface area (Å²) in [5, 5.41) is 0. The minimum Gasteiger partial charge on any atom is -0.469 e. The normalized spacial score (nSPS) is 42.3. The Kier molecular flexibility index (Phi) is 17.3. The number of rotatable bonds is 13. The predicted molar refractivity (Wildman–Crippen MR) is 264 cm³/mol. The highest BCUT2D eigenvalue weighted by Gasteiger charge is 2.74. The van der Waals surface area contributed by atoms with E-state index in [9.17, 15) is 38.4 Å². The lowest BCUT2D eigenvalue weighted by atomic mass is 9.33. The monoisotopic (exact) mass is 1070 g/mol. The second kappa shape index (κ2) is 22.2. The Hall–Kier alpha value is -4.66.